The predicted molar refractivity (Wildman–Crippen MR) is 89.4 cm³/mol. The third-order valence-electron chi connectivity index (χ3n) is 3.04. The summed E-state index contributed by atoms with van der Waals surface area (Å²) < 4.78 is 5.16. The van der Waals surface area contributed by atoms with Gasteiger partial charge in [-0.15, -0.1) is 0 Å². The van der Waals surface area contributed by atoms with Gasteiger partial charge in [-0.1, -0.05) is 18.2 Å². The zero-order valence-corrected chi connectivity index (χ0v) is 13.1. The number of amidine groups is 1. The number of carbonyl (C=O) groups is 2. The van der Waals surface area contributed by atoms with Crippen molar-refractivity contribution < 1.29 is 19.1 Å². The Hall–Kier alpha value is -3.06. The van der Waals surface area contributed by atoms with Gasteiger partial charge in [-0.2, -0.15) is 0 Å². The molecular formula is C17H11N2O4S-. The summed E-state index contributed by atoms with van der Waals surface area (Å²) in [6, 6.07) is 9.48. The van der Waals surface area contributed by atoms with E-state index in [1.165, 1.54) is 23.9 Å². The van der Waals surface area contributed by atoms with Gasteiger partial charge in [0.05, 0.1) is 22.8 Å². The molecule has 1 fully saturated rings. The highest BCUT2D eigenvalue weighted by Crippen LogP contribution is 2.26. The number of carboxylic acid groups (broad SMARTS) is 1. The van der Waals surface area contributed by atoms with Crippen LogP contribution in [0.3, 0.4) is 0 Å². The summed E-state index contributed by atoms with van der Waals surface area (Å²) in [5.41, 5.74) is 0.612. The lowest BCUT2D eigenvalue weighted by atomic mass is 10.2. The largest absolute Gasteiger partial charge is 0.545 e. The second-order valence-corrected chi connectivity index (χ2v) is 5.74. The molecule has 6 nitrogen and oxygen atoms in total. The number of rotatable bonds is 4. The van der Waals surface area contributed by atoms with Crippen LogP contribution in [0.2, 0.25) is 0 Å². The third kappa shape index (κ3) is 3.82. The van der Waals surface area contributed by atoms with Gasteiger partial charge in [0.2, 0.25) is 0 Å². The second kappa shape index (κ2) is 7.01. The molecule has 0 aliphatic carbocycles. The van der Waals surface area contributed by atoms with Crippen LogP contribution >= 0.6 is 11.8 Å². The van der Waals surface area contributed by atoms with Crippen LogP contribution in [0, 0.1) is 0 Å². The summed E-state index contributed by atoms with van der Waals surface area (Å²) in [6.07, 6.45) is 6.71. The molecule has 7 heteroatoms. The molecule has 0 spiro atoms. The first-order chi connectivity index (χ1) is 11.6. The van der Waals surface area contributed by atoms with E-state index in [9.17, 15) is 14.7 Å². The molecule has 1 N–H and O–H groups in total. The zero-order chi connectivity index (χ0) is 16.9. The van der Waals surface area contributed by atoms with E-state index in [0.29, 0.717) is 21.5 Å². The van der Waals surface area contributed by atoms with E-state index in [1.54, 1.807) is 48.8 Å². The SMILES string of the molecule is O=C1NC(=Nc2ccc(C(=O)[O-])cc2)S/C1=C\C=C\c1ccco1. The minimum atomic E-state index is -1.24. The lowest BCUT2D eigenvalue weighted by molar-refractivity contribution is -0.255. The second-order valence-electron chi connectivity index (χ2n) is 4.71. The number of furan rings is 1. The predicted octanol–water partition coefficient (Wildman–Crippen LogP) is 2.09. The van der Waals surface area contributed by atoms with E-state index in [2.05, 4.69) is 10.3 Å². The van der Waals surface area contributed by atoms with Gasteiger partial charge in [0, 0.05) is 0 Å². The molecule has 1 aliphatic rings. The van der Waals surface area contributed by atoms with Crippen LogP contribution in [0.25, 0.3) is 6.08 Å². The molecule has 0 bridgehead atoms. The normalized spacial score (nSPS) is 17.8. The van der Waals surface area contributed by atoms with Crippen molar-refractivity contribution in [2.24, 2.45) is 4.99 Å². The monoisotopic (exact) mass is 339 g/mol. The standard InChI is InChI=1S/C17H12N2O4S/c20-15-14(5-1-3-13-4-2-10-23-13)24-17(19-15)18-12-8-6-11(7-9-12)16(21)22/h1-10H,(H,21,22)(H,18,19,20)/p-1/b3-1+,14-5-. The number of hydrogen-bond donors (Lipinski definition) is 1. The van der Waals surface area contributed by atoms with Gasteiger partial charge in [0.15, 0.2) is 5.17 Å². The maximum Gasteiger partial charge on any atom is 0.264 e. The summed E-state index contributed by atoms with van der Waals surface area (Å²) in [6.45, 7) is 0. The highest BCUT2D eigenvalue weighted by atomic mass is 32.2. The Bertz CT molecular complexity index is 849. The van der Waals surface area contributed by atoms with Crippen LogP contribution < -0.4 is 10.4 Å². The smallest absolute Gasteiger partial charge is 0.264 e. The van der Waals surface area contributed by atoms with Gasteiger partial charge >= 0.3 is 0 Å². The fourth-order valence-electron chi connectivity index (χ4n) is 1.90. The summed E-state index contributed by atoms with van der Waals surface area (Å²) in [7, 11) is 0. The Morgan fingerprint density at radius 2 is 2.04 bits per heavy atom. The van der Waals surface area contributed by atoms with Crippen LogP contribution in [0.5, 0.6) is 0 Å². The fourth-order valence-corrected chi connectivity index (χ4v) is 2.69. The molecule has 2 aromatic rings. The van der Waals surface area contributed by atoms with Crippen molar-refractivity contribution in [2.45, 2.75) is 0 Å². The molecule has 120 valence electrons. The number of hydrogen-bond acceptors (Lipinski definition) is 6. The zero-order valence-electron chi connectivity index (χ0n) is 12.3. The number of benzene rings is 1. The lowest BCUT2D eigenvalue weighted by Gasteiger charge is -2.02. The van der Waals surface area contributed by atoms with Gasteiger partial charge in [-0.25, -0.2) is 4.99 Å². The fraction of sp³-hybridized carbons (Fsp3) is 0. The highest BCUT2D eigenvalue weighted by Gasteiger charge is 2.23. The quantitative estimate of drug-likeness (QED) is 0.861. The van der Waals surface area contributed by atoms with Gasteiger partial charge in [0.25, 0.3) is 5.91 Å². The summed E-state index contributed by atoms with van der Waals surface area (Å²) in [5, 5.41) is 13.8. The number of aliphatic imine (C=N–C) groups is 1. The topological polar surface area (TPSA) is 94.7 Å². The number of amides is 1. The van der Waals surface area contributed by atoms with E-state index in [1.807, 2.05) is 0 Å². The lowest BCUT2D eigenvalue weighted by Crippen LogP contribution is -2.21. The average molecular weight is 339 g/mol. The molecule has 0 radical (unpaired) electrons. The molecule has 3 rings (SSSR count). The van der Waals surface area contributed by atoms with Crippen molar-refractivity contribution in [2.75, 3.05) is 0 Å². The van der Waals surface area contributed by atoms with Gasteiger partial charge in [0.1, 0.15) is 5.76 Å². The van der Waals surface area contributed by atoms with Crippen LogP contribution in [-0.2, 0) is 4.79 Å². The van der Waals surface area contributed by atoms with Gasteiger partial charge in [-0.05, 0) is 53.7 Å². The molecule has 1 aromatic carbocycles. The molecule has 2 heterocycles. The van der Waals surface area contributed by atoms with Gasteiger partial charge in [-0.3, -0.25) is 4.79 Å². The minimum absolute atomic E-state index is 0.0747. The minimum Gasteiger partial charge on any atom is -0.545 e. The van der Waals surface area contributed by atoms with Crippen molar-refractivity contribution in [3.05, 3.63) is 71.0 Å². The molecule has 0 unspecified atom stereocenters. The molecule has 1 amide bonds. The molecule has 24 heavy (non-hydrogen) atoms. The molecule has 1 aromatic heterocycles. The van der Waals surface area contributed by atoms with Crippen molar-refractivity contribution in [3.8, 4) is 0 Å². The number of thioether (sulfide) groups is 1. The molecule has 1 aliphatic heterocycles. The van der Waals surface area contributed by atoms with Crippen LogP contribution in [0.15, 0.2) is 69.1 Å². The molecular weight excluding hydrogens is 328 g/mol. The Balaban J connectivity index is 1.70. The van der Waals surface area contributed by atoms with E-state index >= 15 is 0 Å². The van der Waals surface area contributed by atoms with Crippen molar-refractivity contribution in [1.82, 2.24) is 5.32 Å². The van der Waals surface area contributed by atoms with E-state index in [0.717, 1.165) is 0 Å². The van der Waals surface area contributed by atoms with Crippen molar-refractivity contribution in [1.29, 1.82) is 0 Å². The van der Waals surface area contributed by atoms with Gasteiger partial charge < -0.3 is 19.6 Å². The molecule has 1 saturated heterocycles. The number of allylic oxidation sites excluding steroid dienone is 2. The first-order valence-corrected chi connectivity index (χ1v) is 7.74. The average Bonchev–Trinajstić information content (AvgIpc) is 3.18. The Morgan fingerprint density at radius 3 is 2.71 bits per heavy atom. The van der Waals surface area contributed by atoms with Crippen LogP contribution in [-0.4, -0.2) is 17.0 Å². The van der Waals surface area contributed by atoms with Crippen LogP contribution in [0.1, 0.15) is 16.1 Å². The number of nitrogens with one attached hydrogen (secondary N) is 1. The maximum absolute atomic E-state index is 11.9. The molecule has 0 atom stereocenters. The first kappa shape index (κ1) is 15.8. The number of carbonyl (C=O) groups excluding carboxylic acids is 2. The van der Waals surface area contributed by atoms with E-state index in [4.69, 9.17) is 4.42 Å². The Kier molecular flexibility index (Phi) is 4.62. The number of aromatic carboxylic acids is 1. The maximum atomic E-state index is 11.9. The summed E-state index contributed by atoms with van der Waals surface area (Å²) in [4.78, 5) is 27.4. The summed E-state index contributed by atoms with van der Waals surface area (Å²) >= 11 is 1.20. The molecule has 0 saturated carbocycles. The third-order valence-corrected chi connectivity index (χ3v) is 3.96. The number of carboxylic acids is 1. The van der Waals surface area contributed by atoms with E-state index in [-0.39, 0.29) is 11.5 Å². The summed E-state index contributed by atoms with van der Waals surface area (Å²) in [5.74, 6) is -0.794. The Morgan fingerprint density at radius 1 is 1.25 bits per heavy atom. The Labute approximate surface area is 141 Å². The van der Waals surface area contributed by atoms with Crippen molar-refractivity contribution in [3.63, 3.8) is 0 Å². The highest BCUT2D eigenvalue weighted by molar-refractivity contribution is 8.18. The number of nitrogens with zero attached hydrogens (tertiary/aromatic N) is 1. The van der Waals surface area contributed by atoms with Crippen molar-refractivity contribution >= 4 is 40.6 Å². The van der Waals surface area contributed by atoms with E-state index < -0.39 is 5.97 Å². The first-order valence-electron chi connectivity index (χ1n) is 6.93. The van der Waals surface area contributed by atoms with Crippen LogP contribution in [0.4, 0.5) is 5.69 Å².